The van der Waals surface area contributed by atoms with Crippen LogP contribution in [0.2, 0.25) is 0 Å². The van der Waals surface area contributed by atoms with Crippen LogP contribution in [0.3, 0.4) is 0 Å². The van der Waals surface area contributed by atoms with Gasteiger partial charge in [0.2, 0.25) is 17.7 Å². The average Bonchev–Trinajstić information content (AvgIpc) is 0.777. The Bertz CT molecular complexity index is 6530. The number of hydrogen-bond acceptors (Lipinski definition) is 27. The molecule has 0 saturated heterocycles. The lowest BCUT2D eigenvalue weighted by Crippen LogP contribution is -2.40. The molecule has 4 aromatic heterocycles. The molecule has 149 heavy (non-hydrogen) atoms. The van der Waals surface area contributed by atoms with Gasteiger partial charge in [-0.2, -0.15) is 33.7 Å². The third-order valence-corrected chi connectivity index (χ3v) is 25.1. The first-order chi connectivity index (χ1) is 71.0. The highest BCUT2D eigenvalue weighted by Gasteiger charge is 2.24. The van der Waals surface area contributed by atoms with Crippen LogP contribution >= 0.6 is 12.0 Å². The van der Waals surface area contributed by atoms with Crippen molar-refractivity contribution < 1.29 is 112 Å². The van der Waals surface area contributed by atoms with Crippen LogP contribution in [-0.2, 0) is 111 Å². The maximum atomic E-state index is 12.1. The highest BCUT2D eigenvalue weighted by Crippen LogP contribution is 2.28. The Hall–Kier alpha value is -13.3. The number of benzene rings is 8. The number of primary amides is 1. The van der Waals surface area contributed by atoms with Gasteiger partial charge in [-0.1, -0.05) is 120 Å². The molecule has 4 heterocycles. The number of pyridine rings is 4. The number of nitrogens with two attached hydrogens (primary N) is 1. The van der Waals surface area contributed by atoms with Crippen LogP contribution in [0.5, 0.6) is 5.88 Å². The minimum atomic E-state index is -4.42. The quantitative estimate of drug-likeness (QED) is 0.00427. The fourth-order valence-corrected chi connectivity index (χ4v) is 16.9. The molecule has 808 valence electrons. The summed E-state index contributed by atoms with van der Waals surface area (Å²) in [4.78, 5) is 60.5. The molecule has 37 nitrogen and oxygen atoms in total. The Balaban J connectivity index is 0.000000300. The van der Waals surface area contributed by atoms with Crippen LogP contribution in [-0.4, -0.2) is 189 Å². The van der Waals surface area contributed by atoms with Gasteiger partial charge in [0.05, 0.1) is 50.1 Å². The van der Waals surface area contributed by atoms with Gasteiger partial charge in [0, 0.05) is 198 Å². The highest BCUT2D eigenvalue weighted by atomic mass is 32.3. The predicted octanol–water partition coefficient (Wildman–Crippen LogP) is 15.9. The molecule has 0 radical (unpaired) electrons. The topological polar surface area (TPSA) is 462 Å². The van der Waals surface area contributed by atoms with Crippen LogP contribution in [0.4, 0.5) is 51.2 Å². The fraction of sp³-hybridized carbons (Fsp3) is 0.336. The summed E-state index contributed by atoms with van der Waals surface area (Å²) in [5.41, 5.74) is 18.7. The summed E-state index contributed by atoms with van der Waals surface area (Å²) in [6.45, 7) is 40.1. The first kappa shape index (κ1) is 126. The molecule has 8 aromatic carbocycles. The third-order valence-electron chi connectivity index (χ3n) is 22.3. The monoisotopic (exact) mass is 2150 g/mol. The van der Waals surface area contributed by atoms with Crippen LogP contribution < -0.4 is 69.9 Å². The number of likely N-dealkylation sites (N-methyl/N-ethyl adjacent to an activating group) is 6. The van der Waals surface area contributed by atoms with Crippen molar-refractivity contribution in [2.45, 2.75) is 140 Å². The molecule has 3 amide bonds. The van der Waals surface area contributed by atoms with Gasteiger partial charge in [-0.05, 0) is 220 Å². The molecule has 42 heteroatoms. The zero-order valence-electron chi connectivity index (χ0n) is 87.0. The normalized spacial score (nSPS) is 10.8. The Morgan fingerprint density at radius 2 is 0.691 bits per heavy atom. The largest absolute Gasteiger partial charge is 0.494 e. The van der Waals surface area contributed by atoms with Crippen LogP contribution in [0.25, 0.3) is 0 Å². The zero-order chi connectivity index (χ0) is 110. The number of rotatable bonds is 46. The first-order valence-electron chi connectivity index (χ1n) is 48.4. The van der Waals surface area contributed by atoms with Crippen molar-refractivity contribution in [3.63, 3.8) is 0 Å². The van der Waals surface area contributed by atoms with E-state index in [9.17, 15) is 58.0 Å². The molecule has 0 atom stereocenters. The number of carbonyl (C=O) groups is 3. The van der Waals surface area contributed by atoms with E-state index in [1.54, 1.807) is 31.2 Å². The molecular formula is C107H145N14O23S5+3. The molecule has 0 fully saturated rings. The molecule has 0 unspecified atom stereocenters. The Morgan fingerprint density at radius 3 is 1.00 bits per heavy atom. The van der Waals surface area contributed by atoms with Gasteiger partial charge in [-0.15, -0.1) is 4.33 Å². The summed E-state index contributed by atoms with van der Waals surface area (Å²) in [6.07, 6.45) is 12.6. The van der Waals surface area contributed by atoms with Gasteiger partial charge < -0.3 is 55.8 Å². The van der Waals surface area contributed by atoms with Crippen molar-refractivity contribution >= 4 is 122 Å². The summed E-state index contributed by atoms with van der Waals surface area (Å²) in [5.74, 6) is -1.48. The van der Waals surface area contributed by atoms with Crippen molar-refractivity contribution in [2.75, 3.05) is 150 Å². The Morgan fingerprint density at radius 1 is 0.389 bits per heavy atom. The van der Waals surface area contributed by atoms with E-state index in [1.807, 2.05) is 177 Å². The van der Waals surface area contributed by atoms with Crippen LogP contribution in [0.15, 0.2) is 308 Å². The molecule has 0 saturated carbocycles. The lowest BCUT2D eigenvalue weighted by molar-refractivity contribution is -0.694. The summed E-state index contributed by atoms with van der Waals surface area (Å²) in [5, 5.41) is 26.8. The number of carbonyl (C=O) groups excluding carboxylic acids is 3. The maximum absolute atomic E-state index is 12.1. The first-order valence-corrected chi connectivity index (χ1v) is 54.8. The van der Waals surface area contributed by atoms with E-state index in [1.165, 1.54) is 55.4 Å². The van der Waals surface area contributed by atoms with E-state index in [4.69, 9.17) is 29.2 Å². The Kier molecular flexibility index (Phi) is 57.3. The molecule has 0 aliphatic heterocycles. The zero-order valence-corrected chi connectivity index (χ0v) is 91.1. The van der Waals surface area contributed by atoms with E-state index in [2.05, 4.69) is 235 Å². The minimum absolute atomic E-state index is 0.0196. The van der Waals surface area contributed by atoms with Crippen LogP contribution in [0, 0.1) is 27.7 Å². The average molecular weight is 2160 g/mol. The molecule has 0 aliphatic rings. The number of aryl methyl sites for hydroxylation is 3. The van der Waals surface area contributed by atoms with Crippen molar-refractivity contribution in [3.05, 3.63) is 347 Å². The van der Waals surface area contributed by atoms with Crippen molar-refractivity contribution in [1.82, 2.24) is 4.57 Å². The molecule has 0 spiro atoms. The van der Waals surface area contributed by atoms with Crippen molar-refractivity contribution in [3.8, 4) is 5.88 Å². The summed E-state index contributed by atoms with van der Waals surface area (Å²) in [6, 6.07) is 84.9. The standard InChI is InChI=1S/C17H21N3O.C16H21N2.C16H19NO3S.C15H19N2.C12H18N2O5S.C11H17NO4S.C10H14N2O6S.C10H15NO4S/c1-3-20(13-12-19-10-5-4-6-11-19)17-9-7-8-16(14-17)18-15(2)21;1-3-18(16-9-7-8-15(2)14-16)13-12-17-10-5-4-6-11-17;1-3-17(15-8-4-6-13(2)10-15)12-14-7-5-9-16(11-14)21(18,19)20;1-2-17(15-9-5-3-6-10-15)14-13-16-11-7-4-8-12-16;1-3-14(7-8-19-20(16,17)18)12-6-4-5-11(9-12)13-10(2)15;1-3-12(7-8-16-17(13,14)15)11-6-4-5-10(2)9-11;1-3-12-9(14)6(4-19-18-17-16)5(2)7(8(11)13)10(12)15;1-2-11(8-9-15-16(12,13)14)10-6-4-3-5-7-10/h4-11,14H,3,12-13H2,1-2H3;4-11,14H,3,12-13H2,1-2H3;4-11H,3,12H2,1-2H3,(H,18,19,20);3-12H,2,13-14H2,1H3;4-6,9H,3,7-8H2,1-2H3,(H,13,15)(H,16,17,18);4-6,9H,3,7-8H2,1-2H3,(H,13,14,15);15-16H,3-4H2,1-2H3,(H2,11,13);3-7H,2,8-9H2,1H3,(H,12,13,14)/q;+1;;+1;;;;/p+1. The minimum Gasteiger partial charge on any atom is -0.494 e. The molecule has 12 aromatic rings. The second kappa shape index (κ2) is 67.6. The Labute approximate surface area is 882 Å². The van der Waals surface area contributed by atoms with Gasteiger partial charge in [0.1, 0.15) is 5.56 Å². The van der Waals surface area contributed by atoms with Gasteiger partial charge >= 0.3 is 31.2 Å². The van der Waals surface area contributed by atoms with E-state index in [-0.39, 0.29) is 65.5 Å². The van der Waals surface area contributed by atoms with E-state index in [0.717, 1.165) is 128 Å². The fourth-order valence-electron chi connectivity index (χ4n) is 14.9. The smallest absolute Gasteiger partial charge is 0.397 e. The summed E-state index contributed by atoms with van der Waals surface area (Å²) in [7, 11) is -17.3. The molecule has 12 rings (SSSR count). The summed E-state index contributed by atoms with van der Waals surface area (Å²) >= 11 is 0.661. The number of aromatic nitrogens is 4. The number of amides is 3. The van der Waals surface area contributed by atoms with E-state index < -0.39 is 58.7 Å². The van der Waals surface area contributed by atoms with Gasteiger partial charge in [0.15, 0.2) is 56.8 Å². The van der Waals surface area contributed by atoms with E-state index in [0.29, 0.717) is 50.5 Å². The maximum Gasteiger partial charge on any atom is 0.397 e. The third kappa shape index (κ3) is 50.1. The van der Waals surface area contributed by atoms with Crippen LogP contribution in [0.1, 0.15) is 113 Å². The molecule has 10 N–H and O–H groups in total. The summed E-state index contributed by atoms with van der Waals surface area (Å²) < 4.78 is 144. The SMILES string of the molecule is CCN(CCOS(=O)(=O)O)c1cccc(C)c1.CCN(CCOS(=O)(=O)O)c1cccc(NC(C)=O)c1.CCN(CCOS(=O)(=O)O)c1ccccc1.CCN(CC[n+]1ccccc1)c1cccc(C)c1.CCN(CC[n+]1ccccc1)c1cccc(NC(C)=O)c1.CCN(CC[n+]1ccccc1)c1ccccc1.CCN(Cc1cccc(S(=O)(=O)O)c1)c1cccc(C)c1.CCn1c(O)c(C(N)=O)c(C)c(CSOOO)c1=O. The molecule has 0 bridgehead atoms. The lowest BCUT2D eigenvalue weighted by atomic mass is 10.1. The van der Waals surface area contributed by atoms with Gasteiger partial charge in [-0.3, -0.25) is 42.0 Å². The molecular weight excluding hydrogens is 2010 g/mol. The number of hydrogen-bond donors (Lipinski definition) is 9. The van der Waals surface area contributed by atoms with Crippen molar-refractivity contribution in [2.24, 2.45) is 5.73 Å². The number of para-hydroxylation sites is 2. The number of nitrogens with one attached hydrogen (secondary N) is 2. The second-order valence-electron chi connectivity index (χ2n) is 33.0. The number of anilines is 9. The second-order valence-corrected chi connectivity index (χ2v) is 38.3. The highest BCUT2D eigenvalue weighted by molar-refractivity contribution is 7.93. The predicted molar refractivity (Wildman–Crippen MR) is 588 cm³/mol. The van der Waals surface area contributed by atoms with Gasteiger partial charge in [-0.25, -0.2) is 31.5 Å². The molecule has 0 aliphatic carbocycles. The van der Waals surface area contributed by atoms with E-state index >= 15 is 0 Å². The van der Waals surface area contributed by atoms with Crippen molar-refractivity contribution in [1.29, 1.82) is 0 Å². The lowest BCUT2D eigenvalue weighted by Gasteiger charge is -2.23. The number of nitrogens with zero attached hydrogens (tertiary/aromatic N) is 11. The van der Waals surface area contributed by atoms with Gasteiger partial charge in [0.25, 0.3) is 21.6 Å². The number of aromatic hydroxyl groups is 1.